The van der Waals surface area contributed by atoms with Gasteiger partial charge in [0.05, 0.1) is 6.26 Å². The van der Waals surface area contributed by atoms with E-state index in [4.69, 9.17) is 4.42 Å². The molecule has 1 aromatic carbocycles. The monoisotopic (exact) mass is 334 g/mol. The van der Waals surface area contributed by atoms with Crippen LogP contribution in [-0.2, 0) is 4.79 Å². The molecule has 0 saturated carbocycles. The third-order valence-corrected chi connectivity index (χ3v) is 6.18. The van der Waals surface area contributed by atoms with Crippen LogP contribution >= 0.6 is 0 Å². The molecule has 3 aliphatic heterocycles. The molecule has 4 nitrogen and oxygen atoms in total. The van der Waals surface area contributed by atoms with E-state index in [9.17, 15) is 4.79 Å². The number of carbonyl (C=O) groups is 1. The maximum absolute atomic E-state index is 13.4. The molecule has 0 aliphatic carbocycles. The lowest BCUT2D eigenvalue weighted by Crippen LogP contribution is -2.51. The minimum atomic E-state index is -0.284. The zero-order chi connectivity index (χ0) is 16.9. The molecule has 3 atom stereocenters. The predicted octanol–water partition coefficient (Wildman–Crippen LogP) is 3.56. The summed E-state index contributed by atoms with van der Waals surface area (Å²) in [7, 11) is 0. The number of hydrogen-bond donors (Lipinski definition) is 0. The molecule has 25 heavy (non-hydrogen) atoms. The largest absolute Gasteiger partial charge is 0.465 e. The Hall–Kier alpha value is -2.33. The average Bonchev–Trinajstić information content (AvgIpc) is 3.38. The number of furan rings is 1. The second-order valence-electron chi connectivity index (χ2n) is 7.35. The highest BCUT2D eigenvalue weighted by atomic mass is 16.3. The van der Waals surface area contributed by atoms with Crippen molar-refractivity contribution in [1.29, 1.82) is 0 Å². The van der Waals surface area contributed by atoms with Crippen LogP contribution in [0.2, 0.25) is 0 Å². The highest BCUT2D eigenvalue weighted by Gasteiger charge is 2.64. The maximum atomic E-state index is 13.4. The van der Waals surface area contributed by atoms with Gasteiger partial charge in [0.15, 0.2) is 0 Å². The molecule has 0 N–H and O–H groups in total. The summed E-state index contributed by atoms with van der Waals surface area (Å²) in [5, 5.41) is 0. The summed E-state index contributed by atoms with van der Waals surface area (Å²) in [6, 6.07) is 14.3. The van der Waals surface area contributed by atoms with Gasteiger partial charge in [0.25, 0.3) is 0 Å². The summed E-state index contributed by atoms with van der Waals surface area (Å²) in [5.74, 6) is 1.59. The van der Waals surface area contributed by atoms with Gasteiger partial charge in [-0.25, -0.2) is 0 Å². The van der Waals surface area contributed by atoms with Crippen molar-refractivity contribution in [2.24, 2.45) is 5.92 Å². The molecule has 1 aromatic heterocycles. The summed E-state index contributed by atoms with van der Waals surface area (Å²) in [6.45, 7) is 1.85. The molecule has 3 saturated heterocycles. The highest BCUT2D eigenvalue weighted by Crippen LogP contribution is 2.52. The van der Waals surface area contributed by atoms with Gasteiger partial charge in [-0.2, -0.15) is 0 Å². The van der Waals surface area contributed by atoms with E-state index < -0.39 is 0 Å². The quantitative estimate of drug-likeness (QED) is 0.861. The van der Waals surface area contributed by atoms with Crippen LogP contribution in [0.5, 0.6) is 0 Å². The Labute approximate surface area is 147 Å². The van der Waals surface area contributed by atoms with E-state index in [-0.39, 0.29) is 5.54 Å². The molecule has 3 aliphatic rings. The van der Waals surface area contributed by atoms with Crippen molar-refractivity contribution in [3.63, 3.8) is 0 Å². The van der Waals surface area contributed by atoms with Gasteiger partial charge in [0.2, 0.25) is 5.91 Å². The molecule has 4 heteroatoms. The third-order valence-electron chi connectivity index (χ3n) is 6.18. The summed E-state index contributed by atoms with van der Waals surface area (Å²) >= 11 is 0. The van der Waals surface area contributed by atoms with Crippen LogP contribution in [0.25, 0.3) is 6.08 Å². The Kier molecular flexibility index (Phi) is 3.35. The highest BCUT2D eigenvalue weighted by molar-refractivity contribution is 6.03. The summed E-state index contributed by atoms with van der Waals surface area (Å²) in [6.07, 6.45) is 9.12. The fourth-order valence-electron chi connectivity index (χ4n) is 5.15. The van der Waals surface area contributed by atoms with Crippen molar-refractivity contribution in [3.05, 3.63) is 60.6 Å². The molecule has 0 radical (unpaired) electrons. The second kappa shape index (κ2) is 5.60. The second-order valence-corrected chi connectivity index (χ2v) is 7.35. The van der Waals surface area contributed by atoms with Crippen molar-refractivity contribution >= 4 is 17.7 Å². The van der Waals surface area contributed by atoms with E-state index >= 15 is 0 Å². The van der Waals surface area contributed by atoms with Crippen LogP contribution in [0.15, 0.2) is 59.2 Å². The van der Waals surface area contributed by atoms with Crippen molar-refractivity contribution in [1.82, 2.24) is 4.90 Å². The lowest BCUT2D eigenvalue weighted by molar-refractivity contribution is -0.126. The fraction of sp³-hybridized carbons (Fsp3) is 0.381. The van der Waals surface area contributed by atoms with Gasteiger partial charge in [-0.15, -0.1) is 0 Å². The molecule has 1 spiro atoms. The van der Waals surface area contributed by atoms with Crippen molar-refractivity contribution < 1.29 is 9.21 Å². The van der Waals surface area contributed by atoms with Crippen LogP contribution in [0, 0.1) is 5.92 Å². The van der Waals surface area contributed by atoms with Gasteiger partial charge in [-0.1, -0.05) is 24.3 Å². The fourth-order valence-corrected chi connectivity index (χ4v) is 5.15. The van der Waals surface area contributed by atoms with E-state index in [1.165, 1.54) is 0 Å². The molecule has 0 unspecified atom stereocenters. The van der Waals surface area contributed by atoms with Gasteiger partial charge in [0, 0.05) is 24.2 Å². The van der Waals surface area contributed by atoms with E-state index in [0.29, 0.717) is 17.9 Å². The molecule has 1 amide bonds. The van der Waals surface area contributed by atoms with E-state index in [0.717, 1.165) is 43.8 Å². The number of anilines is 1. The summed E-state index contributed by atoms with van der Waals surface area (Å²) < 4.78 is 5.41. The zero-order valence-electron chi connectivity index (χ0n) is 14.2. The lowest BCUT2D eigenvalue weighted by Gasteiger charge is -2.32. The third kappa shape index (κ3) is 2.13. The van der Waals surface area contributed by atoms with Gasteiger partial charge < -0.3 is 9.32 Å². The smallest absolute Gasteiger partial charge is 0.247 e. The minimum Gasteiger partial charge on any atom is -0.465 e. The van der Waals surface area contributed by atoms with Gasteiger partial charge in [-0.3, -0.25) is 9.69 Å². The SMILES string of the molecule is O=C1N(c2ccccc2)C[C@@H]2C[C@@H](/C=C/c3ccco3)N3CCC[C@@]123. The predicted molar refractivity (Wildman–Crippen MR) is 97.1 cm³/mol. The normalized spacial score (nSPS) is 31.8. The Morgan fingerprint density at radius 2 is 2.04 bits per heavy atom. The Balaban J connectivity index is 1.44. The van der Waals surface area contributed by atoms with Gasteiger partial charge >= 0.3 is 0 Å². The minimum absolute atomic E-state index is 0.284. The van der Waals surface area contributed by atoms with E-state index in [2.05, 4.69) is 17.1 Å². The Morgan fingerprint density at radius 3 is 2.84 bits per heavy atom. The van der Waals surface area contributed by atoms with E-state index in [1.54, 1.807) is 6.26 Å². The maximum Gasteiger partial charge on any atom is 0.247 e. The van der Waals surface area contributed by atoms with Gasteiger partial charge in [-0.05, 0) is 56.1 Å². The number of amides is 1. The number of rotatable bonds is 3. The number of carbonyl (C=O) groups excluding carboxylic acids is 1. The number of nitrogens with zero attached hydrogens (tertiary/aromatic N) is 2. The van der Waals surface area contributed by atoms with Crippen LogP contribution in [0.1, 0.15) is 25.0 Å². The van der Waals surface area contributed by atoms with Crippen LogP contribution in [-0.4, -0.2) is 35.5 Å². The average molecular weight is 334 g/mol. The van der Waals surface area contributed by atoms with Crippen molar-refractivity contribution in [2.45, 2.75) is 30.8 Å². The van der Waals surface area contributed by atoms with Crippen molar-refractivity contribution in [3.8, 4) is 0 Å². The zero-order valence-corrected chi connectivity index (χ0v) is 14.2. The first-order valence-corrected chi connectivity index (χ1v) is 9.14. The summed E-state index contributed by atoms with van der Waals surface area (Å²) in [4.78, 5) is 17.9. The first kappa shape index (κ1) is 15.0. The first-order valence-electron chi connectivity index (χ1n) is 9.14. The van der Waals surface area contributed by atoms with E-state index in [1.807, 2.05) is 47.4 Å². The first-order chi connectivity index (χ1) is 12.3. The Morgan fingerprint density at radius 1 is 1.16 bits per heavy atom. The number of para-hydroxylation sites is 1. The molecular weight excluding hydrogens is 312 g/mol. The standard InChI is InChI=1S/C21H22N2O2/c24-20-21-11-5-12-23(21)18(9-10-19-8-4-13-25-19)14-16(21)15-22(20)17-6-2-1-3-7-17/h1-4,6-10,13,16,18H,5,11-12,14-15H2/b10-9+/t16-,18+,21-/m0/s1. The topological polar surface area (TPSA) is 36.7 Å². The Bertz CT molecular complexity index is 799. The van der Waals surface area contributed by atoms with Crippen LogP contribution in [0.3, 0.4) is 0 Å². The van der Waals surface area contributed by atoms with Crippen LogP contribution in [0.4, 0.5) is 5.69 Å². The van der Waals surface area contributed by atoms with Crippen molar-refractivity contribution in [2.75, 3.05) is 18.0 Å². The molecule has 2 aromatic rings. The van der Waals surface area contributed by atoms with Crippen LogP contribution < -0.4 is 4.90 Å². The number of hydrogen-bond acceptors (Lipinski definition) is 3. The lowest BCUT2D eigenvalue weighted by atomic mass is 9.85. The van der Waals surface area contributed by atoms with Gasteiger partial charge in [0.1, 0.15) is 11.3 Å². The molecule has 5 rings (SSSR count). The molecule has 128 valence electrons. The molecule has 4 heterocycles. The number of benzene rings is 1. The summed E-state index contributed by atoms with van der Waals surface area (Å²) in [5.41, 5.74) is 0.749. The molecular formula is C21H22N2O2. The molecule has 0 bridgehead atoms. The molecule has 3 fully saturated rings.